The van der Waals surface area contributed by atoms with Gasteiger partial charge in [0.25, 0.3) is 0 Å². The van der Waals surface area contributed by atoms with Crippen molar-refractivity contribution < 1.29 is 31.0 Å². The van der Waals surface area contributed by atoms with Gasteiger partial charge in [-0.1, -0.05) is 37.3 Å². The quantitative estimate of drug-likeness (QED) is 0.507. The van der Waals surface area contributed by atoms with Crippen molar-refractivity contribution in [1.82, 2.24) is 0 Å². The molecule has 0 nitrogen and oxygen atoms in total. The number of halogens is 1. The van der Waals surface area contributed by atoms with E-state index in [4.69, 9.17) is 0 Å². The average Bonchev–Trinajstić information content (AvgIpc) is 1.90. The zero-order valence-electron chi connectivity index (χ0n) is 7.50. The summed E-state index contributed by atoms with van der Waals surface area (Å²) in [5.74, 6) is 0. The molecule has 0 heterocycles. The first kappa shape index (κ1) is 13.1. The molecule has 52 valence electrons. The monoisotopic (exact) mass is 166 g/mol. The molecule has 0 aliphatic heterocycles. The van der Waals surface area contributed by atoms with Crippen LogP contribution in [0.15, 0.2) is 30.3 Å². The number of rotatable bonds is 1. The first-order chi connectivity index (χ1) is 3.93. The van der Waals surface area contributed by atoms with E-state index in [0.717, 1.165) is 6.42 Å². The molecule has 1 rings (SSSR count). The third-order valence-electron chi connectivity index (χ3n) is 1.25. The molecule has 1 aromatic carbocycles. The van der Waals surface area contributed by atoms with Crippen LogP contribution in [0.2, 0.25) is 0 Å². The standard InChI is InChI=1S/C8H10.ClH.Na.H/c1-2-8-6-4-3-5-7-8;;;/h3-7H,2H2,1H3;1H;;/q;;+1;-1. The summed E-state index contributed by atoms with van der Waals surface area (Å²) >= 11 is 0. The van der Waals surface area contributed by atoms with Crippen molar-refractivity contribution in [3.63, 3.8) is 0 Å². The second-order valence-corrected chi connectivity index (χ2v) is 1.84. The Kier molecular flexibility index (Phi) is 10.00. The van der Waals surface area contributed by atoms with E-state index < -0.39 is 0 Å². The van der Waals surface area contributed by atoms with E-state index >= 15 is 0 Å². The number of aryl methyl sites for hydroxylation is 1. The zero-order valence-corrected chi connectivity index (χ0v) is 9.32. The van der Waals surface area contributed by atoms with Gasteiger partial charge in [0.05, 0.1) is 0 Å². The normalized spacial score (nSPS) is 7.30. The summed E-state index contributed by atoms with van der Waals surface area (Å²) in [6.07, 6.45) is 1.14. The van der Waals surface area contributed by atoms with Crippen molar-refractivity contribution in [1.29, 1.82) is 0 Å². The van der Waals surface area contributed by atoms with Crippen LogP contribution in [0.1, 0.15) is 13.9 Å². The summed E-state index contributed by atoms with van der Waals surface area (Å²) in [4.78, 5) is 0. The SMILES string of the molecule is CCc1ccccc1.Cl.[H-].[Na+]. The van der Waals surface area contributed by atoms with Crippen LogP contribution in [-0.4, -0.2) is 0 Å². The van der Waals surface area contributed by atoms with E-state index in [9.17, 15) is 0 Å². The van der Waals surface area contributed by atoms with Crippen molar-refractivity contribution in [2.24, 2.45) is 0 Å². The molecule has 0 bridgehead atoms. The number of hydrogen-bond acceptors (Lipinski definition) is 0. The summed E-state index contributed by atoms with van der Waals surface area (Å²) in [5.41, 5.74) is 1.41. The van der Waals surface area contributed by atoms with Crippen LogP contribution in [-0.2, 0) is 6.42 Å². The van der Waals surface area contributed by atoms with Crippen molar-refractivity contribution >= 4 is 12.4 Å². The fourth-order valence-corrected chi connectivity index (χ4v) is 0.714. The molecule has 0 fully saturated rings. The van der Waals surface area contributed by atoms with Crippen LogP contribution >= 0.6 is 12.4 Å². The van der Waals surface area contributed by atoms with Crippen LogP contribution in [0.5, 0.6) is 0 Å². The summed E-state index contributed by atoms with van der Waals surface area (Å²) in [6.45, 7) is 2.16. The van der Waals surface area contributed by atoms with Gasteiger partial charge in [-0.2, -0.15) is 0 Å². The Balaban J connectivity index is -0.000000213. The maximum atomic E-state index is 2.16. The maximum absolute atomic E-state index is 2.16. The summed E-state index contributed by atoms with van der Waals surface area (Å²) in [5, 5.41) is 0. The second-order valence-electron chi connectivity index (χ2n) is 1.84. The molecule has 2 heteroatoms. The molecule has 0 atom stereocenters. The summed E-state index contributed by atoms with van der Waals surface area (Å²) < 4.78 is 0. The molecule has 0 spiro atoms. The zero-order chi connectivity index (χ0) is 5.82. The van der Waals surface area contributed by atoms with Crippen LogP contribution in [0.3, 0.4) is 0 Å². The number of hydrogen-bond donors (Lipinski definition) is 0. The van der Waals surface area contributed by atoms with Gasteiger partial charge in [-0.3, -0.25) is 0 Å². The van der Waals surface area contributed by atoms with Gasteiger partial charge in [0.15, 0.2) is 0 Å². The van der Waals surface area contributed by atoms with Gasteiger partial charge in [0.1, 0.15) is 0 Å². The Hall–Kier alpha value is 0.510. The molecule has 0 radical (unpaired) electrons. The van der Waals surface area contributed by atoms with Gasteiger partial charge in [-0.25, -0.2) is 0 Å². The third kappa shape index (κ3) is 4.35. The molecule has 0 saturated heterocycles. The molecule has 0 aromatic heterocycles. The van der Waals surface area contributed by atoms with Crippen molar-refractivity contribution in [2.45, 2.75) is 13.3 Å². The first-order valence-electron chi connectivity index (χ1n) is 2.97. The van der Waals surface area contributed by atoms with Gasteiger partial charge >= 0.3 is 29.6 Å². The molecule has 1 aromatic rings. The predicted molar refractivity (Wildman–Crippen MR) is 44.2 cm³/mol. The molecular formula is C8H12ClNa. The summed E-state index contributed by atoms with van der Waals surface area (Å²) in [7, 11) is 0. The van der Waals surface area contributed by atoms with Crippen molar-refractivity contribution in [2.75, 3.05) is 0 Å². The molecular weight excluding hydrogens is 155 g/mol. The van der Waals surface area contributed by atoms with E-state index in [0.29, 0.717) is 0 Å². The Bertz CT molecular complexity index is 155. The van der Waals surface area contributed by atoms with E-state index in [1.807, 2.05) is 6.07 Å². The fraction of sp³-hybridized carbons (Fsp3) is 0.250. The first-order valence-corrected chi connectivity index (χ1v) is 2.97. The Labute approximate surface area is 92.2 Å². The molecule has 0 aliphatic carbocycles. The molecule has 0 unspecified atom stereocenters. The minimum atomic E-state index is 0. The Morgan fingerprint density at radius 3 is 2.00 bits per heavy atom. The van der Waals surface area contributed by atoms with Gasteiger partial charge in [0, 0.05) is 0 Å². The minimum absolute atomic E-state index is 0. The van der Waals surface area contributed by atoms with Crippen LogP contribution < -0.4 is 29.6 Å². The van der Waals surface area contributed by atoms with Gasteiger partial charge in [0.2, 0.25) is 0 Å². The topological polar surface area (TPSA) is 0 Å². The third-order valence-corrected chi connectivity index (χ3v) is 1.25. The predicted octanol–water partition coefficient (Wildman–Crippen LogP) is -0.213. The molecule has 0 saturated carbocycles. The largest absolute Gasteiger partial charge is 1.00 e. The fourth-order valence-electron chi connectivity index (χ4n) is 0.714. The molecule has 0 aliphatic rings. The smallest absolute Gasteiger partial charge is 1.00 e. The van der Waals surface area contributed by atoms with Gasteiger partial charge in [-0.15, -0.1) is 12.4 Å². The average molecular weight is 167 g/mol. The van der Waals surface area contributed by atoms with E-state index in [1.54, 1.807) is 0 Å². The van der Waals surface area contributed by atoms with E-state index in [1.165, 1.54) is 5.56 Å². The van der Waals surface area contributed by atoms with Gasteiger partial charge < -0.3 is 1.43 Å². The van der Waals surface area contributed by atoms with Crippen molar-refractivity contribution in [3.05, 3.63) is 35.9 Å². The minimum Gasteiger partial charge on any atom is -1.00 e. The van der Waals surface area contributed by atoms with Crippen LogP contribution in [0, 0.1) is 0 Å². The van der Waals surface area contributed by atoms with Crippen molar-refractivity contribution in [3.8, 4) is 0 Å². The molecule has 0 N–H and O–H groups in total. The van der Waals surface area contributed by atoms with E-state index in [2.05, 4.69) is 31.2 Å². The number of benzene rings is 1. The Morgan fingerprint density at radius 2 is 1.70 bits per heavy atom. The van der Waals surface area contributed by atoms with E-state index in [-0.39, 0.29) is 43.4 Å². The van der Waals surface area contributed by atoms with Gasteiger partial charge in [-0.05, 0) is 12.0 Å². The maximum Gasteiger partial charge on any atom is 1.00 e. The second kappa shape index (κ2) is 7.62. The Morgan fingerprint density at radius 1 is 1.20 bits per heavy atom. The molecule has 10 heavy (non-hydrogen) atoms. The molecule has 0 amide bonds. The van der Waals surface area contributed by atoms with Crippen LogP contribution in [0.4, 0.5) is 0 Å². The van der Waals surface area contributed by atoms with Crippen LogP contribution in [0.25, 0.3) is 0 Å². The summed E-state index contributed by atoms with van der Waals surface area (Å²) in [6, 6.07) is 10.5.